The van der Waals surface area contributed by atoms with Gasteiger partial charge in [0, 0.05) is 5.75 Å². The number of aliphatic hydroxyl groups excluding tert-OH is 1. The maximum Gasteiger partial charge on any atom is 0.316 e. The van der Waals surface area contributed by atoms with Gasteiger partial charge in [-0.2, -0.15) is 0 Å². The van der Waals surface area contributed by atoms with Gasteiger partial charge in [0.15, 0.2) is 0 Å². The van der Waals surface area contributed by atoms with E-state index in [4.69, 9.17) is 5.11 Å². The third-order valence-corrected chi connectivity index (χ3v) is 3.85. The maximum absolute atomic E-state index is 11.1. The van der Waals surface area contributed by atoms with E-state index in [1.165, 1.54) is 11.8 Å². The molecule has 0 aliphatic heterocycles. The highest BCUT2D eigenvalue weighted by Gasteiger charge is 2.19. The molecule has 1 aromatic rings. The minimum Gasteiger partial charge on any atom is -0.480 e. The summed E-state index contributed by atoms with van der Waals surface area (Å²) >= 11 is 1.31. The quantitative estimate of drug-likeness (QED) is 0.783. The minimum absolute atomic E-state index is 0.419. The molecule has 2 N–H and O–H groups in total. The van der Waals surface area contributed by atoms with Gasteiger partial charge in [-0.1, -0.05) is 37.3 Å². The van der Waals surface area contributed by atoms with E-state index < -0.39 is 17.3 Å². The van der Waals surface area contributed by atoms with Crippen LogP contribution in [0.1, 0.15) is 18.9 Å². The average Bonchev–Trinajstić information content (AvgIpc) is 2.34. The summed E-state index contributed by atoms with van der Waals surface area (Å²) in [4.78, 5) is 11.1. The number of aliphatic hydroxyl groups is 1. The van der Waals surface area contributed by atoms with Gasteiger partial charge in [-0.3, -0.25) is 4.79 Å². The van der Waals surface area contributed by atoms with Crippen LogP contribution >= 0.6 is 11.8 Å². The first-order chi connectivity index (χ1) is 8.13. The Morgan fingerprint density at radius 2 is 2.00 bits per heavy atom. The van der Waals surface area contributed by atoms with E-state index in [9.17, 15) is 9.90 Å². The molecule has 0 radical (unpaired) electrons. The first-order valence-electron chi connectivity index (χ1n) is 5.70. The van der Waals surface area contributed by atoms with Crippen molar-refractivity contribution in [3.8, 4) is 0 Å². The first kappa shape index (κ1) is 14.1. The molecule has 0 amide bonds. The highest BCUT2D eigenvalue weighted by molar-refractivity contribution is 8.00. The Morgan fingerprint density at radius 3 is 2.53 bits per heavy atom. The van der Waals surface area contributed by atoms with E-state index in [0.717, 1.165) is 5.56 Å². The molecule has 0 heterocycles. The molecule has 0 aliphatic carbocycles. The lowest BCUT2D eigenvalue weighted by atomic mass is 10.1. The Bertz CT molecular complexity index is 340. The highest BCUT2D eigenvalue weighted by Crippen LogP contribution is 2.18. The molecule has 0 saturated carbocycles. The number of thioether (sulfide) groups is 1. The molecule has 17 heavy (non-hydrogen) atoms. The van der Waals surface area contributed by atoms with Gasteiger partial charge in [-0.05, 0) is 18.4 Å². The van der Waals surface area contributed by atoms with Crippen LogP contribution in [-0.2, 0) is 11.2 Å². The summed E-state index contributed by atoms with van der Waals surface area (Å²) in [6, 6.07) is 9.56. The highest BCUT2D eigenvalue weighted by atomic mass is 32.2. The van der Waals surface area contributed by atoms with Crippen LogP contribution in [0.15, 0.2) is 30.3 Å². The molecule has 1 aromatic carbocycles. The van der Waals surface area contributed by atoms with Gasteiger partial charge >= 0.3 is 5.97 Å². The average molecular weight is 254 g/mol. The van der Waals surface area contributed by atoms with Crippen LogP contribution in [0.2, 0.25) is 0 Å². The van der Waals surface area contributed by atoms with Crippen molar-refractivity contribution in [1.29, 1.82) is 0 Å². The number of carboxylic acids is 1. The molecule has 3 nitrogen and oxygen atoms in total. The fourth-order valence-corrected chi connectivity index (χ4v) is 2.53. The lowest BCUT2D eigenvalue weighted by Crippen LogP contribution is -2.22. The fraction of sp³-hybridized carbons (Fsp3) is 0.462. The van der Waals surface area contributed by atoms with E-state index in [1.807, 2.05) is 37.3 Å². The monoisotopic (exact) mass is 254 g/mol. The molecular formula is C13H18O3S. The number of carboxylic acid groups (broad SMARTS) is 1. The summed E-state index contributed by atoms with van der Waals surface area (Å²) < 4.78 is 0. The topological polar surface area (TPSA) is 57.5 Å². The third-order valence-electron chi connectivity index (χ3n) is 2.50. The Balaban J connectivity index is 2.52. The zero-order chi connectivity index (χ0) is 12.7. The maximum atomic E-state index is 11.1. The van der Waals surface area contributed by atoms with Gasteiger partial charge in [-0.15, -0.1) is 11.8 Å². The Labute approximate surface area is 106 Å². The fourth-order valence-electron chi connectivity index (χ4n) is 1.39. The summed E-state index contributed by atoms with van der Waals surface area (Å²) in [7, 11) is 0. The van der Waals surface area contributed by atoms with Crippen molar-refractivity contribution in [1.82, 2.24) is 0 Å². The number of rotatable bonds is 7. The Morgan fingerprint density at radius 1 is 1.35 bits per heavy atom. The number of hydrogen-bond donors (Lipinski definition) is 2. The van der Waals surface area contributed by atoms with Gasteiger partial charge in [0.05, 0.1) is 6.10 Å². The second-order valence-electron chi connectivity index (χ2n) is 3.91. The summed E-state index contributed by atoms with van der Waals surface area (Å²) in [5, 5.41) is 18.1. The van der Waals surface area contributed by atoms with Gasteiger partial charge < -0.3 is 10.2 Å². The lowest BCUT2D eigenvalue weighted by Gasteiger charge is -2.14. The van der Waals surface area contributed by atoms with E-state index in [0.29, 0.717) is 18.6 Å². The van der Waals surface area contributed by atoms with Crippen LogP contribution in [0.25, 0.3) is 0 Å². The van der Waals surface area contributed by atoms with Gasteiger partial charge in [0.1, 0.15) is 5.25 Å². The molecule has 0 aliphatic rings. The van der Waals surface area contributed by atoms with Crippen molar-refractivity contribution < 1.29 is 15.0 Å². The molecule has 0 aromatic heterocycles. The number of benzene rings is 1. The molecule has 0 fully saturated rings. The summed E-state index contributed by atoms with van der Waals surface area (Å²) in [6.45, 7) is 1.89. The molecule has 0 saturated heterocycles. The van der Waals surface area contributed by atoms with Gasteiger partial charge in [0.25, 0.3) is 0 Å². The van der Waals surface area contributed by atoms with Gasteiger partial charge in [0.2, 0.25) is 0 Å². The normalized spacial score (nSPS) is 14.2. The number of aliphatic carboxylic acids is 1. The smallest absolute Gasteiger partial charge is 0.316 e. The van der Waals surface area contributed by atoms with Crippen LogP contribution in [0.5, 0.6) is 0 Å². The van der Waals surface area contributed by atoms with Crippen molar-refractivity contribution >= 4 is 17.7 Å². The summed E-state index contributed by atoms with van der Waals surface area (Å²) in [5.74, 6) is -0.345. The van der Waals surface area contributed by atoms with E-state index in [2.05, 4.69) is 0 Å². The standard InChI is InChI=1S/C13H18O3S/c1-2-11(14)9-17-12(13(15)16)8-10-6-4-3-5-7-10/h3-7,11-12,14H,2,8-9H2,1H3,(H,15,16). The van der Waals surface area contributed by atoms with Crippen LogP contribution in [0.4, 0.5) is 0 Å². The molecule has 0 spiro atoms. The molecule has 2 unspecified atom stereocenters. The van der Waals surface area contributed by atoms with Crippen molar-refractivity contribution in [2.24, 2.45) is 0 Å². The van der Waals surface area contributed by atoms with Crippen LogP contribution in [-0.4, -0.2) is 33.3 Å². The van der Waals surface area contributed by atoms with Gasteiger partial charge in [-0.25, -0.2) is 0 Å². The van der Waals surface area contributed by atoms with Crippen molar-refractivity contribution in [3.05, 3.63) is 35.9 Å². The van der Waals surface area contributed by atoms with E-state index in [-0.39, 0.29) is 0 Å². The molecule has 0 bridgehead atoms. The van der Waals surface area contributed by atoms with E-state index >= 15 is 0 Å². The van der Waals surface area contributed by atoms with Crippen molar-refractivity contribution in [2.45, 2.75) is 31.1 Å². The predicted octanol–water partition coefficient (Wildman–Crippen LogP) is 2.19. The third kappa shape index (κ3) is 5.24. The molecular weight excluding hydrogens is 236 g/mol. The minimum atomic E-state index is -0.817. The van der Waals surface area contributed by atoms with E-state index in [1.54, 1.807) is 0 Å². The number of hydrogen-bond acceptors (Lipinski definition) is 3. The Kier molecular flexibility index (Phi) is 6.08. The Hall–Kier alpha value is -1.00. The lowest BCUT2D eigenvalue weighted by molar-refractivity contribution is -0.136. The van der Waals surface area contributed by atoms with Crippen molar-refractivity contribution in [2.75, 3.05) is 5.75 Å². The molecule has 94 valence electrons. The SMILES string of the molecule is CCC(O)CSC(Cc1ccccc1)C(=O)O. The second kappa shape index (κ2) is 7.35. The first-order valence-corrected chi connectivity index (χ1v) is 6.74. The zero-order valence-corrected chi connectivity index (χ0v) is 10.7. The second-order valence-corrected chi connectivity index (χ2v) is 5.15. The summed E-state index contributed by atoms with van der Waals surface area (Å²) in [6.07, 6.45) is 0.736. The zero-order valence-electron chi connectivity index (χ0n) is 9.87. The molecule has 2 atom stereocenters. The van der Waals surface area contributed by atoms with Crippen LogP contribution in [0, 0.1) is 0 Å². The largest absolute Gasteiger partial charge is 0.480 e. The molecule has 1 rings (SSSR count). The number of carbonyl (C=O) groups is 1. The molecule has 4 heteroatoms. The van der Waals surface area contributed by atoms with Crippen LogP contribution in [0.3, 0.4) is 0 Å². The van der Waals surface area contributed by atoms with Crippen molar-refractivity contribution in [3.63, 3.8) is 0 Å². The summed E-state index contributed by atoms with van der Waals surface area (Å²) in [5.41, 5.74) is 1.01. The predicted molar refractivity (Wildman–Crippen MR) is 70.3 cm³/mol. The van der Waals surface area contributed by atoms with Crippen LogP contribution < -0.4 is 0 Å².